The van der Waals surface area contributed by atoms with E-state index in [4.69, 9.17) is 0 Å². The summed E-state index contributed by atoms with van der Waals surface area (Å²) in [5.41, 5.74) is 0.777. The van der Waals surface area contributed by atoms with Gasteiger partial charge in [-0.25, -0.2) is 0 Å². The van der Waals surface area contributed by atoms with Gasteiger partial charge in [-0.05, 0) is 38.7 Å². The third kappa shape index (κ3) is 3.21. The SMILES string of the molecule is CCn1nccc1C(=O)N(C1CCCCC1)C1CCCCC1. The molecule has 3 rings (SSSR count). The lowest BCUT2D eigenvalue weighted by Crippen LogP contribution is -2.49. The number of carbonyl (C=O) groups is 1. The maximum atomic E-state index is 13.2. The standard InChI is InChI=1S/C18H29N3O/c1-2-20-17(13-14-19-20)18(22)21(15-9-5-3-6-10-15)16-11-7-4-8-12-16/h13-16H,2-12H2,1H3. The number of amides is 1. The van der Waals surface area contributed by atoms with Crippen LogP contribution in [-0.4, -0.2) is 32.7 Å². The topological polar surface area (TPSA) is 38.1 Å². The van der Waals surface area contributed by atoms with E-state index >= 15 is 0 Å². The van der Waals surface area contributed by atoms with Crippen molar-refractivity contribution in [1.82, 2.24) is 14.7 Å². The summed E-state index contributed by atoms with van der Waals surface area (Å²) in [6, 6.07) is 2.79. The Labute approximate surface area is 133 Å². The molecule has 1 amide bonds. The molecule has 1 aromatic rings. The lowest BCUT2D eigenvalue weighted by molar-refractivity contribution is 0.0436. The van der Waals surface area contributed by atoms with E-state index < -0.39 is 0 Å². The third-order valence-corrected chi connectivity index (χ3v) is 5.41. The maximum Gasteiger partial charge on any atom is 0.272 e. The highest BCUT2D eigenvalue weighted by Gasteiger charge is 2.34. The fraction of sp³-hybridized carbons (Fsp3) is 0.778. The van der Waals surface area contributed by atoms with Crippen molar-refractivity contribution in [3.63, 3.8) is 0 Å². The molecule has 0 saturated heterocycles. The molecule has 0 N–H and O–H groups in total. The molecular formula is C18H29N3O. The first kappa shape index (κ1) is 15.6. The Morgan fingerprint density at radius 3 is 2.14 bits per heavy atom. The van der Waals surface area contributed by atoms with Crippen LogP contribution >= 0.6 is 0 Å². The van der Waals surface area contributed by atoms with Crippen LogP contribution in [0.1, 0.15) is 81.6 Å². The van der Waals surface area contributed by atoms with E-state index in [1.54, 1.807) is 6.20 Å². The van der Waals surface area contributed by atoms with Gasteiger partial charge in [0.05, 0.1) is 0 Å². The minimum absolute atomic E-state index is 0.221. The molecule has 2 fully saturated rings. The Kier molecular flexibility index (Phi) is 5.16. The van der Waals surface area contributed by atoms with E-state index in [2.05, 4.69) is 16.9 Å². The highest BCUT2D eigenvalue weighted by atomic mass is 16.2. The fourth-order valence-electron chi connectivity index (χ4n) is 4.25. The van der Waals surface area contributed by atoms with E-state index in [9.17, 15) is 4.79 Å². The molecule has 122 valence electrons. The maximum absolute atomic E-state index is 13.2. The number of aryl methyl sites for hydroxylation is 1. The molecule has 2 aliphatic rings. The zero-order chi connectivity index (χ0) is 15.4. The lowest BCUT2D eigenvalue weighted by Gasteiger charge is -2.41. The van der Waals surface area contributed by atoms with Gasteiger partial charge in [0.2, 0.25) is 0 Å². The first-order valence-electron chi connectivity index (χ1n) is 9.15. The Morgan fingerprint density at radius 2 is 1.64 bits per heavy atom. The Hall–Kier alpha value is -1.32. The van der Waals surface area contributed by atoms with Gasteiger partial charge in [0, 0.05) is 24.8 Å². The summed E-state index contributed by atoms with van der Waals surface area (Å²) in [5.74, 6) is 0.221. The van der Waals surface area contributed by atoms with Crippen molar-refractivity contribution in [3.8, 4) is 0 Å². The first-order chi connectivity index (χ1) is 10.8. The zero-order valence-corrected chi connectivity index (χ0v) is 13.8. The average molecular weight is 303 g/mol. The Morgan fingerprint density at radius 1 is 1.09 bits per heavy atom. The minimum atomic E-state index is 0.221. The van der Waals surface area contributed by atoms with Crippen molar-refractivity contribution in [2.24, 2.45) is 0 Å². The van der Waals surface area contributed by atoms with Crippen molar-refractivity contribution in [2.45, 2.75) is 89.8 Å². The van der Waals surface area contributed by atoms with Crippen LogP contribution < -0.4 is 0 Å². The molecule has 4 nitrogen and oxygen atoms in total. The Balaban J connectivity index is 1.84. The van der Waals surface area contributed by atoms with Crippen molar-refractivity contribution in [2.75, 3.05) is 0 Å². The van der Waals surface area contributed by atoms with Gasteiger partial charge in [-0.15, -0.1) is 0 Å². The number of hydrogen-bond donors (Lipinski definition) is 0. The van der Waals surface area contributed by atoms with Crippen molar-refractivity contribution >= 4 is 5.91 Å². The van der Waals surface area contributed by atoms with E-state index in [1.807, 2.05) is 10.7 Å². The molecule has 0 atom stereocenters. The third-order valence-electron chi connectivity index (χ3n) is 5.41. The van der Waals surface area contributed by atoms with Crippen LogP contribution in [0.4, 0.5) is 0 Å². The second-order valence-electron chi connectivity index (χ2n) is 6.83. The smallest absolute Gasteiger partial charge is 0.272 e. The molecule has 0 unspecified atom stereocenters. The average Bonchev–Trinajstić information content (AvgIpc) is 3.06. The molecule has 0 spiro atoms. The zero-order valence-electron chi connectivity index (χ0n) is 13.8. The number of nitrogens with zero attached hydrogens (tertiary/aromatic N) is 3. The van der Waals surface area contributed by atoms with Gasteiger partial charge in [-0.3, -0.25) is 9.48 Å². The lowest BCUT2D eigenvalue weighted by atomic mass is 9.88. The molecule has 2 saturated carbocycles. The van der Waals surface area contributed by atoms with E-state index in [1.165, 1.54) is 64.2 Å². The van der Waals surface area contributed by atoms with Crippen LogP contribution in [0, 0.1) is 0 Å². The summed E-state index contributed by atoms with van der Waals surface area (Å²) in [6.07, 6.45) is 14.2. The van der Waals surface area contributed by atoms with Gasteiger partial charge in [0.25, 0.3) is 5.91 Å². The molecular weight excluding hydrogens is 274 g/mol. The predicted molar refractivity (Wildman–Crippen MR) is 87.8 cm³/mol. The molecule has 0 bridgehead atoms. The summed E-state index contributed by atoms with van der Waals surface area (Å²) in [7, 11) is 0. The normalized spacial score (nSPS) is 21.0. The fourth-order valence-corrected chi connectivity index (χ4v) is 4.25. The van der Waals surface area contributed by atoms with Gasteiger partial charge in [0.15, 0.2) is 0 Å². The first-order valence-corrected chi connectivity index (χ1v) is 9.15. The van der Waals surface area contributed by atoms with Crippen LogP contribution in [0.2, 0.25) is 0 Å². The minimum Gasteiger partial charge on any atom is -0.331 e. The number of hydrogen-bond acceptors (Lipinski definition) is 2. The van der Waals surface area contributed by atoms with E-state index in [-0.39, 0.29) is 5.91 Å². The van der Waals surface area contributed by atoms with Crippen molar-refractivity contribution in [1.29, 1.82) is 0 Å². The quantitative estimate of drug-likeness (QED) is 0.843. The van der Waals surface area contributed by atoms with Crippen molar-refractivity contribution < 1.29 is 4.79 Å². The highest BCUT2D eigenvalue weighted by molar-refractivity contribution is 5.93. The molecule has 4 heteroatoms. The van der Waals surface area contributed by atoms with Gasteiger partial charge in [-0.1, -0.05) is 38.5 Å². The second kappa shape index (κ2) is 7.30. The molecule has 1 heterocycles. The summed E-state index contributed by atoms with van der Waals surface area (Å²) in [4.78, 5) is 15.5. The molecule has 1 aromatic heterocycles. The summed E-state index contributed by atoms with van der Waals surface area (Å²) < 4.78 is 1.85. The van der Waals surface area contributed by atoms with Gasteiger partial charge < -0.3 is 4.90 Å². The highest BCUT2D eigenvalue weighted by Crippen LogP contribution is 2.31. The molecule has 22 heavy (non-hydrogen) atoms. The van der Waals surface area contributed by atoms with Gasteiger partial charge in [0.1, 0.15) is 5.69 Å². The number of aromatic nitrogens is 2. The largest absolute Gasteiger partial charge is 0.331 e. The summed E-state index contributed by atoms with van der Waals surface area (Å²) >= 11 is 0. The van der Waals surface area contributed by atoms with Crippen molar-refractivity contribution in [3.05, 3.63) is 18.0 Å². The Bertz CT molecular complexity index is 466. The molecule has 2 aliphatic carbocycles. The van der Waals surface area contributed by atoms with Crippen LogP contribution in [0.25, 0.3) is 0 Å². The predicted octanol–water partition coefficient (Wildman–Crippen LogP) is 4.01. The summed E-state index contributed by atoms with van der Waals surface area (Å²) in [5, 5.41) is 4.30. The van der Waals surface area contributed by atoms with E-state index in [0.29, 0.717) is 12.1 Å². The summed E-state index contributed by atoms with van der Waals surface area (Å²) in [6.45, 7) is 2.81. The number of carbonyl (C=O) groups excluding carboxylic acids is 1. The molecule has 0 aliphatic heterocycles. The van der Waals surface area contributed by atoms with Gasteiger partial charge in [-0.2, -0.15) is 5.10 Å². The monoisotopic (exact) mass is 303 g/mol. The van der Waals surface area contributed by atoms with Crippen LogP contribution in [0.5, 0.6) is 0 Å². The van der Waals surface area contributed by atoms with Gasteiger partial charge >= 0.3 is 0 Å². The molecule has 0 aromatic carbocycles. The molecule has 0 radical (unpaired) electrons. The van der Waals surface area contributed by atoms with E-state index in [0.717, 1.165) is 12.2 Å². The van der Waals surface area contributed by atoms with Crippen LogP contribution in [-0.2, 0) is 6.54 Å². The van der Waals surface area contributed by atoms with Crippen LogP contribution in [0.15, 0.2) is 12.3 Å². The second-order valence-corrected chi connectivity index (χ2v) is 6.83. The number of rotatable bonds is 4. The van der Waals surface area contributed by atoms with Crippen LogP contribution in [0.3, 0.4) is 0 Å².